The molecule has 140 valence electrons. The van der Waals surface area contributed by atoms with Crippen LogP contribution >= 0.6 is 11.6 Å². The van der Waals surface area contributed by atoms with E-state index in [1.165, 1.54) is 12.0 Å². The molecule has 0 amide bonds. The van der Waals surface area contributed by atoms with Crippen molar-refractivity contribution in [2.45, 2.75) is 31.8 Å². The van der Waals surface area contributed by atoms with E-state index in [0.29, 0.717) is 12.6 Å². The zero-order chi connectivity index (χ0) is 18.2. The van der Waals surface area contributed by atoms with Gasteiger partial charge >= 0.3 is 0 Å². The van der Waals surface area contributed by atoms with Crippen LogP contribution in [0, 0.1) is 0 Å². The van der Waals surface area contributed by atoms with E-state index >= 15 is 0 Å². The lowest BCUT2D eigenvalue weighted by atomic mass is 10.0. The monoisotopic (exact) mass is 383 g/mol. The van der Waals surface area contributed by atoms with Gasteiger partial charge in [-0.25, -0.2) is 4.98 Å². The van der Waals surface area contributed by atoms with Crippen molar-refractivity contribution in [2.75, 3.05) is 19.8 Å². The summed E-state index contributed by atoms with van der Waals surface area (Å²) in [6.45, 7) is 3.35. The molecular formula is C21H22ClN3O2. The van der Waals surface area contributed by atoms with Crippen LogP contribution in [0.1, 0.15) is 36.6 Å². The van der Waals surface area contributed by atoms with Gasteiger partial charge in [0, 0.05) is 31.4 Å². The molecule has 3 aromatic rings. The summed E-state index contributed by atoms with van der Waals surface area (Å²) in [5.74, 6) is 1.73. The second kappa shape index (κ2) is 7.06. The van der Waals surface area contributed by atoms with Crippen LogP contribution in [0.25, 0.3) is 5.65 Å². The van der Waals surface area contributed by atoms with Crippen LogP contribution in [0.2, 0.25) is 5.02 Å². The van der Waals surface area contributed by atoms with Gasteiger partial charge in [-0.15, -0.1) is 0 Å². The molecule has 0 spiro atoms. The van der Waals surface area contributed by atoms with Gasteiger partial charge in [0.1, 0.15) is 5.65 Å². The van der Waals surface area contributed by atoms with Gasteiger partial charge < -0.3 is 13.9 Å². The molecule has 4 heterocycles. The first-order valence-corrected chi connectivity index (χ1v) is 9.91. The third-order valence-corrected chi connectivity index (χ3v) is 5.57. The number of aromatic nitrogens is 2. The Morgan fingerprint density at radius 3 is 2.85 bits per heavy atom. The van der Waals surface area contributed by atoms with E-state index in [4.69, 9.17) is 26.1 Å². The summed E-state index contributed by atoms with van der Waals surface area (Å²) in [5, 5.41) is 0.720. The molecule has 2 aliphatic heterocycles. The number of ether oxygens (including phenoxy) is 2. The highest BCUT2D eigenvalue weighted by atomic mass is 35.5. The quantitative estimate of drug-likeness (QED) is 0.668. The standard InChI is InChI=1S/C21H22ClN3O2/c22-16-5-7-21-23-17(14-25(21)12-16)13-24-8-1-3-18(24)15-4-6-19-20(11-15)27-10-2-9-26-19/h4-7,11-12,14,18H,1-3,8-10,13H2. The third kappa shape index (κ3) is 3.37. The molecular weight excluding hydrogens is 362 g/mol. The van der Waals surface area contributed by atoms with Gasteiger partial charge in [0.25, 0.3) is 0 Å². The molecule has 0 aliphatic carbocycles. The van der Waals surface area contributed by atoms with Gasteiger partial charge in [-0.3, -0.25) is 4.90 Å². The molecule has 27 heavy (non-hydrogen) atoms. The molecule has 5 rings (SSSR count). The van der Waals surface area contributed by atoms with E-state index in [9.17, 15) is 0 Å². The lowest BCUT2D eigenvalue weighted by Gasteiger charge is -2.24. The van der Waals surface area contributed by atoms with Crippen LogP contribution in [0.3, 0.4) is 0 Å². The Hall–Kier alpha value is -2.24. The maximum atomic E-state index is 6.09. The summed E-state index contributed by atoms with van der Waals surface area (Å²) in [4.78, 5) is 7.25. The molecule has 1 atom stereocenters. The van der Waals surface area contributed by atoms with Crippen LogP contribution in [-0.2, 0) is 6.54 Å². The number of hydrogen-bond donors (Lipinski definition) is 0. The van der Waals surface area contributed by atoms with E-state index < -0.39 is 0 Å². The van der Waals surface area contributed by atoms with Gasteiger partial charge in [0.15, 0.2) is 11.5 Å². The topological polar surface area (TPSA) is 39.0 Å². The zero-order valence-electron chi connectivity index (χ0n) is 15.1. The van der Waals surface area contributed by atoms with Crippen LogP contribution in [0.5, 0.6) is 11.5 Å². The van der Waals surface area contributed by atoms with E-state index in [-0.39, 0.29) is 0 Å². The SMILES string of the molecule is Clc1ccc2nc(CN3CCCC3c3ccc4c(c3)OCCCO4)cn2c1. The fourth-order valence-electron chi connectivity index (χ4n) is 4.08. The molecule has 5 nitrogen and oxygen atoms in total. The molecule has 1 saturated heterocycles. The minimum Gasteiger partial charge on any atom is -0.490 e. The fourth-order valence-corrected chi connectivity index (χ4v) is 4.25. The van der Waals surface area contributed by atoms with Crippen LogP contribution in [0.4, 0.5) is 0 Å². The number of nitrogens with zero attached hydrogens (tertiary/aromatic N) is 3. The number of halogens is 1. The Labute approximate surface area is 163 Å². The van der Waals surface area contributed by atoms with Crippen molar-refractivity contribution in [3.63, 3.8) is 0 Å². The summed E-state index contributed by atoms with van der Waals surface area (Å²) in [6, 6.07) is 10.6. The maximum Gasteiger partial charge on any atom is 0.161 e. The van der Waals surface area contributed by atoms with Crippen LogP contribution < -0.4 is 9.47 Å². The summed E-state index contributed by atoms with van der Waals surface area (Å²) in [5.41, 5.74) is 3.29. The fraction of sp³-hybridized carbons (Fsp3) is 0.381. The van der Waals surface area contributed by atoms with Crippen LogP contribution in [-0.4, -0.2) is 34.0 Å². The molecule has 0 bridgehead atoms. The molecule has 1 aromatic carbocycles. The van der Waals surface area contributed by atoms with Crippen LogP contribution in [0.15, 0.2) is 42.7 Å². The van der Waals surface area contributed by atoms with Gasteiger partial charge in [-0.2, -0.15) is 0 Å². The second-order valence-corrected chi connectivity index (χ2v) is 7.67. The first kappa shape index (κ1) is 16.9. The third-order valence-electron chi connectivity index (χ3n) is 5.35. The largest absolute Gasteiger partial charge is 0.490 e. The lowest BCUT2D eigenvalue weighted by molar-refractivity contribution is 0.245. The van der Waals surface area contributed by atoms with Crippen molar-refractivity contribution < 1.29 is 9.47 Å². The first-order chi connectivity index (χ1) is 13.3. The molecule has 1 fully saturated rings. The maximum absolute atomic E-state index is 6.09. The predicted molar refractivity (Wildman–Crippen MR) is 105 cm³/mol. The normalized spacial score (nSPS) is 20.1. The Morgan fingerprint density at radius 2 is 1.93 bits per heavy atom. The Kier molecular flexibility index (Phi) is 4.42. The van der Waals surface area contributed by atoms with Gasteiger partial charge in [0.2, 0.25) is 0 Å². The first-order valence-electron chi connectivity index (χ1n) is 9.53. The number of imidazole rings is 1. The number of rotatable bonds is 3. The van der Waals surface area contributed by atoms with Crippen molar-refractivity contribution >= 4 is 17.2 Å². The van der Waals surface area contributed by atoms with Gasteiger partial charge in [-0.05, 0) is 49.2 Å². The highest BCUT2D eigenvalue weighted by molar-refractivity contribution is 6.30. The molecule has 1 unspecified atom stereocenters. The highest BCUT2D eigenvalue weighted by Crippen LogP contribution is 2.38. The lowest BCUT2D eigenvalue weighted by Crippen LogP contribution is -2.23. The van der Waals surface area contributed by atoms with Gasteiger partial charge in [-0.1, -0.05) is 17.7 Å². The summed E-state index contributed by atoms with van der Waals surface area (Å²) < 4.78 is 13.6. The minimum atomic E-state index is 0.385. The number of benzene rings is 1. The molecule has 0 saturated carbocycles. The second-order valence-electron chi connectivity index (χ2n) is 7.23. The van der Waals surface area contributed by atoms with E-state index in [1.54, 1.807) is 0 Å². The average Bonchev–Trinajstić information content (AvgIpc) is 3.21. The molecule has 0 radical (unpaired) electrons. The zero-order valence-corrected chi connectivity index (χ0v) is 15.9. The van der Waals surface area contributed by atoms with Gasteiger partial charge in [0.05, 0.1) is 23.9 Å². The summed E-state index contributed by atoms with van der Waals surface area (Å²) >= 11 is 6.09. The van der Waals surface area contributed by atoms with Crippen molar-refractivity contribution in [3.8, 4) is 11.5 Å². The Morgan fingerprint density at radius 1 is 1.04 bits per heavy atom. The smallest absolute Gasteiger partial charge is 0.161 e. The van der Waals surface area contributed by atoms with E-state index in [1.807, 2.05) is 22.7 Å². The van der Waals surface area contributed by atoms with Crippen molar-refractivity contribution in [2.24, 2.45) is 0 Å². The summed E-state index contributed by atoms with van der Waals surface area (Å²) in [7, 11) is 0. The van der Waals surface area contributed by atoms with E-state index in [2.05, 4.69) is 29.3 Å². The molecule has 6 heteroatoms. The van der Waals surface area contributed by atoms with E-state index in [0.717, 1.165) is 60.4 Å². The molecule has 0 N–H and O–H groups in total. The number of likely N-dealkylation sites (tertiary alicyclic amines) is 1. The number of pyridine rings is 1. The minimum absolute atomic E-state index is 0.385. The predicted octanol–water partition coefficient (Wildman–Crippen LogP) is 4.49. The molecule has 2 aromatic heterocycles. The van der Waals surface area contributed by atoms with Crippen molar-refractivity contribution in [1.29, 1.82) is 0 Å². The Bertz CT molecular complexity index is 971. The highest BCUT2D eigenvalue weighted by Gasteiger charge is 2.27. The van der Waals surface area contributed by atoms with Crippen molar-refractivity contribution in [3.05, 3.63) is 59.0 Å². The Balaban J connectivity index is 1.39. The number of hydrogen-bond acceptors (Lipinski definition) is 4. The van der Waals surface area contributed by atoms with Crippen molar-refractivity contribution in [1.82, 2.24) is 14.3 Å². The average molecular weight is 384 g/mol. The molecule has 2 aliphatic rings. The number of fused-ring (bicyclic) bond motifs is 2. The summed E-state index contributed by atoms with van der Waals surface area (Å²) in [6.07, 6.45) is 7.25.